The molecule has 0 aromatic heterocycles. The number of carbonyl (C=O) groups excluding carboxylic acids is 4. The van der Waals surface area contributed by atoms with Crippen molar-refractivity contribution in [3.8, 4) is 0 Å². The summed E-state index contributed by atoms with van der Waals surface area (Å²) in [5.41, 5.74) is 1.76. The zero-order valence-corrected chi connectivity index (χ0v) is 9.52. The van der Waals surface area contributed by atoms with Gasteiger partial charge in [0.05, 0.1) is 13.0 Å². The first-order valence-electron chi connectivity index (χ1n) is 4.79. The number of hydroxylamine groups is 1. The van der Waals surface area contributed by atoms with E-state index in [1.54, 1.807) is 12.4 Å². The normalized spacial score (nSPS) is 9.76. The van der Waals surface area contributed by atoms with E-state index in [2.05, 4.69) is 9.57 Å². The van der Waals surface area contributed by atoms with Crippen LogP contribution in [0.1, 0.15) is 20.3 Å². The average molecular weight is 243 g/mol. The van der Waals surface area contributed by atoms with Gasteiger partial charge in [-0.2, -0.15) is 5.48 Å². The van der Waals surface area contributed by atoms with E-state index < -0.39 is 17.8 Å². The molecule has 7 heteroatoms. The van der Waals surface area contributed by atoms with E-state index in [4.69, 9.17) is 0 Å². The lowest BCUT2D eigenvalue weighted by atomic mass is 10.3. The number of esters is 1. The van der Waals surface area contributed by atoms with Gasteiger partial charge in [0.1, 0.15) is 5.78 Å². The minimum absolute atomic E-state index is 0.188. The number of rotatable bonds is 5. The molecule has 0 aliphatic rings. The third-order valence-corrected chi connectivity index (χ3v) is 1.32. The number of hydrogen-bond donors (Lipinski definition) is 1. The Kier molecular flexibility index (Phi) is 7.00. The van der Waals surface area contributed by atoms with Crippen molar-refractivity contribution in [2.24, 2.45) is 0 Å². The molecule has 0 fully saturated rings. The summed E-state index contributed by atoms with van der Waals surface area (Å²) in [6.07, 6.45) is 1.28. The lowest BCUT2D eigenvalue weighted by Gasteiger charge is -2.01. The van der Waals surface area contributed by atoms with Crippen molar-refractivity contribution in [2.75, 3.05) is 6.61 Å². The highest BCUT2D eigenvalue weighted by molar-refractivity contribution is 5.97. The van der Waals surface area contributed by atoms with Crippen LogP contribution in [-0.2, 0) is 28.8 Å². The van der Waals surface area contributed by atoms with Crippen LogP contribution in [0, 0.1) is 0 Å². The summed E-state index contributed by atoms with van der Waals surface area (Å²) in [6, 6.07) is 0. The summed E-state index contributed by atoms with van der Waals surface area (Å²) in [6.45, 7) is 3.03. The van der Waals surface area contributed by atoms with Crippen LogP contribution in [0.15, 0.2) is 12.2 Å². The summed E-state index contributed by atoms with van der Waals surface area (Å²) >= 11 is 0. The maximum absolute atomic E-state index is 10.9. The Morgan fingerprint density at radius 1 is 1.12 bits per heavy atom. The van der Waals surface area contributed by atoms with Gasteiger partial charge in [0.25, 0.3) is 5.91 Å². The van der Waals surface area contributed by atoms with Gasteiger partial charge in [-0.25, -0.2) is 9.59 Å². The molecule has 0 saturated carbocycles. The molecule has 1 N–H and O–H groups in total. The molecule has 17 heavy (non-hydrogen) atoms. The first kappa shape index (κ1) is 14.8. The van der Waals surface area contributed by atoms with E-state index in [9.17, 15) is 19.2 Å². The van der Waals surface area contributed by atoms with E-state index in [0.717, 1.165) is 12.2 Å². The monoisotopic (exact) mass is 243 g/mol. The molecule has 0 heterocycles. The van der Waals surface area contributed by atoms with E-state index >= 15 is 0 Å². The largest absolute Gasteiger partial charge is 0.463 e. The number of hydrogen-bond acceptors (Lipinski definition) is 6. The fourth-order valence-corrected chi connectivity index (χ4v) is 0.730. The van der Waals surface area contributed by atoms with Crippen LogP contribution in [0.3, 0.4) is 0 Å². The van der Waals surface area contributed by atoms with Crippen LogP contribution in [0.4, 0.5) is 0 Å². The standard InChI is InChI=1S/C10H13NO6/c1-3-16-9(14)4-5-10(15)17-11-8(13)6-7(2)12/h4-5H,3,6H2,1-2H3,(H,11,13)/b5-4-. The van der Waals surface area contributed by atoms with Crippen LogP contribution < -0.4 is 5.48 Å². The summed E-state index contributed by atoms with van der Waals surface area (Å²) in [4.78, 5) is 47.3. The van der Waals surface area contributed by atoms with Crippen LogP contribution in [0.2, 0.25) is 0 Å². The Morgan fingerprint density at radius 2 is 1.71 bits per heavy atom. The predicted molar refractivity (Wildman–Crippen MR) is 55.3 cm³/mol. The molecular formula is C10H13NO6. The Balaban J connectivity index is 3.91. The molecule has 0 aromatic carbocycles. The second kappa shape index (κ2) is 8.03. The molecule has 0 aliphatic carbocycles. The zero-order valence-electron chi connectivity index (χ0n) is 9.52. The first-order valence-corrected chi connectivity index (χ1v) is 4.79. The summed E-state index contributed by atoms with van der Waals surface area (Å²) in [5, 5.41) is 0. The highest BCUT2D eigenvalue weighted by Gasteiger charge is 2.07. The minimum Gasteiger partial charge on any atom is -0.463 e. The van der Waals surface area contributed by atoms with Crippen LogP contribution in [-0.4, -0.2) is 30.2 Å². The number of carbonyl (C=O) groups is 4. The van der Waals surface area contributed by atoms with Gasteiger partial charge in [-0.1, -0.05) is 0 Å². The van der Waals surface area contributed by atoms with E-state index in [-0.39, 0.29) is 18.8 Å². The highest BCUT2D eigenvalue weighted by atomic mass is 16.7. The second-order valence-electron chi connectivity index (χ2n) is 2.91. The summed E-state index contributed by atoms with van der Waals surface area (Å²) in [7, 11) is 0. The molecule has 0 aromatic rings. The Morgan fingerprint density at radius 3 is 2.24 bits per heavy atom. The van der Waals surface area contributed by atoms with Gasteiger partial charge in [-0.05, 0) is 13.8 Å². The second-order valence-corrected chi connectivity index (χ2v) is 2.91. The van der Waals surface area contributed by atoms with Crippen molar-refractivity contribution >= 4 is 23.6 Å². The average Bonchev–Trinajstić information content (AvgIpc) is 2.23. The van der Waals surface area contributed by atoms with Crippen LogP contribution in [0.5, 0.6) is 0 Å². The van der Waals surface area contributed by atoms with Crippen LogP contribution in [0.25, 0.3) is 0 Å². The molecule has 0 spiro atoms. The maximum Gasteiger partial charge on any atom is 0.356 e. The maximum atomic E-state index is 10.9. The predicted octanol–water partition coefficient (Wildman–Crippen LogP) is -0.341. The van der Waals surface area contributed by atoms with Gasteiger partial charge in [0.2, 0.25) is 0 Å². The fraction of sp³-hybridized carbons (Fsp3) is 0.400. The molecule has 0 unspecified atom stereocenters. The van der Waals surface area contributed by atoms with Crippen LogP contribution >= 0.6 is 0 Å². The number of amides is 1. The molecular weight excluding hydrogens is 230 g/mol. The number of nitrogens with one attached hydrogen (secondary N) is 1. The van der Waals surface area contributed by atoms with Gasteiger partial charge in [0, 0.05) is 12.2 Å². The third kappa shape index (κ3) is 8.79. The van der Waals surface area contributed by atoms with Gasteiger partial charge < -0.3 is 9.57 Å². The van der Waals surface area contributed by atoms with Gasteiger partial charge in [0.15, 0.2) is 0 Å². The molecule has 0 bridgehead atoms. The van der Waals surface area contributed by atoms with E-state index in [1.165, 1.54) is 6.92 Å². The molecule has 1 amide bonds. The van der Waals surface area contributed by atoms with Crippen molar-refractivity contribution in [1.29, 1.82) is 0 Å². The van der Waals surface area contributed by atoms with Gasteiger partial charge >= 0.3 is 11.9 Å². The summed E-state index contributed by atoms with van der Waals surface area (Å²) in [5.74, 6) is -2.74. The Labute approximate surface area is 97.7 Å². The lowest BCUT2D eigenvalue weighted by Crippen LogP contribution is -2.27. The van der Waals surface area contributed by atoms with Crippen molar-refractivity contribution in [2.45, 2.75) is 20.3 Å². The number of Topliss-reactive ketones (excluding diaryl/α,β-unsaturated/α-hetero) is 1. The molecule has 0 atom stereocenters. The first-order chi connectivity index (χ1) is 7.95. The van der Waals surface area contributed by atoms with E-state index in [0.29, 0.717) is 0 Å². The van der Waals surface area contributed by atoms with E-state index in [1.807, 2.05) is 0 Å². The minimum atomic E-state index is -0.949. The zero-order chi connectivity index (χ0) is 13.3. The molecule has 94 valence electrons. The molecule has 0 rings (SSSR count). The molecule has 0 saturated heterocycles. The smallest absolute Gasteiger partial charge is 0.356 e. The fourth-order valence-electron chi connectivity index (χ4n) is 0.730. The number of ketones is 1. The molecule has 0 radical (unpaired) electrons. The number of ether oxygens (including phenoxy) is 1. The van der Waals surface area contributed by atoms with Crippen molar-refractivity contribution in [3.63, 3.8) is 0 Å². The van der Waals surface area contributed by atoms with Crippen molar-refractivity contribution < 1.29 is 28.8 Å². The Bertz CT molecular complexity index is 347. The summed E-state index contributed by atoms with van der Waals surface area (Å²) < 4.78 is 4.50. The van der Waals surface area contributed by atoms with Gasteiger partial charge in [-0.3, -0.25) is 9.59 Å². The lowest BCUT2D eigenvalue weighted by molar-refractivity contribution is -0.154. The quantitative estimate of drug-likeness (QED) is 0.307. The Hall–Kier alpha value is -2.18. The van der Waals surface area contributed by atoms with Crippen molar-refractivity contribution in [3.05, 3.63) is 12.2 Å². The topological polar surface area (TPSA) is 98.8 Å². The van der Waals surface area contributed by atoms with Crippen molar-refractivity contribution in [1.82, 2.24) is 5.48 Å². The molecule has 0 aliphatic heterocycles. The SMILES string of the molecule is CCOC(=O)/C=C\C(=O)ONC(=O)CC(C)=O. The highest BCUT2D eigenvalue weighted by Crippen LogP contribution is 1.86. The molecule has 7 nitrogen and oxygen atoms in total. The van der Waals surface area contributed by atoms with Gasteiger partial charge in [-0.15, -0.1) is 0 Å². The third-order valence-electron chi connectivity index (χ3n) is 1.32.